The quantitative estimate of drug-likeness (QED) is 0.151. The molecule has 0 saturated heterocycles. The molecule has 0 spiro atoms. The van der Waals surface area contributed by atoms with Crippen molar-refractivity contribution in [1.82, 2.24) is 0 Å². The monoisotopic (exact) mass is 853 g/mol. The Morgan fingerprint density at radius 2 is 0.761 bits per heavy atom. The van der Waals surface area contributed by atoms with E-state index in [1.165, 1.54) is 61.0 Å². The first-order valence-electron chi connectivity index (χ1n) is 23.1. The Balaban J connectivity index is 1.11. The average Bonchev–Trinajstić information content (AvgIpc) is 3.93. The third kappa shape index (κ3) is 6.18. The highest BCUT2D eigenvalue weighted by atomic mass is 16.3. The van der Waals surface area contributed by atoms with Crippen molar-refractivity contribution >= 4 is 49.8 Å². The zero-order chi connectivity index (χ0) is 44.3. The molecule has 13 rings (SSSR count). The van der Waals surface area contributed by atoms with Gasteiger partial charge in [0.05, 0.1) is 5.41 Å². The lowest BCUT2D eigenvalue weighted by molar-refractivity contribution is 0.674. The summed E-state index contributed by atoms with van der Waals surface area (Å²) in [6, 6.07) is 95.0. The molecule has 1 aromatic heterocycles. The van der Waals surface area contributed by atoms with Crippen LogP contribution in [-0.4, -0.2) is 0 Å². The van der Waals surface area contributed by atoms with Gasteiger partial charge in [-0.2, -0.15) is 0 Å². The lowest BCUT2D eigenvalue weighted by Gasteiger charge is -2.35. The number of furan rings is 1. The van der Waals surface area contributed by atoms with Crippen LogP contribution >= 0.6 is 0 Å². The van der Waals surface area contributed by atoms with Crippen LogP contribution in [-0.2, 0) is 5.41 Å². The molecule has 0 atom stereocenters. The molecule has 0 unspecified atom stereocenters. The van der Waals surface area contributed by atoms with Gasteiger partial charge < -0.3 is 9.32 Å². The summed E-state index contributed by atoms with van der Waals surface area (Å²) in [7, 11) is 0. The Kier molecular flexibility index (Phi) is 9.11. The normalized spacial score (nSPS) is 12.6. The summed E-state index contributed by atoms with van der Waals surface area (Å²) in [5.74, 6) is 0. The van der Waals surface area contributed by atoms with Gasteiger partial charge in [0.2, 0.25) is 0 Å². The summed E-state index contributed by atoms with van der Waals surface area (Å²) in [6.45, 7) is 0. The predicted octanol–water partition coefficient (Wildman–Crippen LogP) is 17.6. The fourth-order valence-electron chi connectivity index (χ4n) is 11.0. The smallest absolute Gasteiger partial charge is 0.143 e. The maximum atomic E-state index is 7.16. The highest BCUT2D eigenvalue weighted by molar-refractivity contribution is 6.21. The van der Waals surface area contributed by atoms with E-state index >= 15 is 0 Å². The first-order valence-corrected chi connectivity index (χ1v) is 23.1. The first-order chi connectivity index (χ1) is 33.2. The minimum atomic E-state index is -0.553. The number of hydrogen-bond acceptors (Lipinski definition) is 2. The second kappa shape index (κ2) is 15.8. The van der Waals surface area contributed by atoms with Gasteiger partial charge in [-0.3, -0.25) is 0 Å². The van der Waals surface area contributed by atoms with Crippen LogP contribution in [0, 0.1) is 0 Å². The molecule has 0 aliphatic heterocycles. The highest BCUT2D eigenvalue weighted by Gasteiger charge is 2.46. The SMILES string of the molecule is c1ccc(-c2ccc(N(c3ccc4c(c3)C(c3ccccc3)(c3ccccc3)c3ccccc3-4)c3cc(-c4ccccc4)c4oc5c6ccccc6c(-c6ccccc6)cc5c4c3)cc2)cc1. The standard InChI is InChI=1S/C65H43NO/c1-6-20-44(21-7-1)45-34-36-50(37-35-45)66(51-38-39-55-54-31-18-19-33-61(54)65(62(55)42-51,48-26-12-4-13-27-48)49-28-14-5-15-29-49)52-40-58(47-24-10-3-11-25-47)64-59(41-52)60-43-57(46-22-8-2-9-23-46)53-30-16-17-32-56(53)63(60)67-64/h1-43H. The maximum absolute atomic E-state index is 7.16. The fourth-order valence-corrected chi connectivity index (χ4v) is 11.0. The third-order valence-corrected chi connectivity index (χ3v) is 13.9. The van der Waals surface area contributed by atoms with Crippen LogP contribution in [0.25, 0.3) is 77.2 Å². The van der Waals surface area contributed by atoms with Gasteiger partial charge >= 0.3 is 0 Å². The minimum absolute atomic E-state index is 0.553. The lowest BCUT2D eigenvalue weighted by atomic mass is 9.67. The average molecular weight is 854 g/mol. The van der Waals surface area contributed by atoms with Crippen LogP contribution in [0.1, 0.15) is 22.3 Å². The number of fused-ring (bicyclic) bond motifs is 8. The molecule has 12 aromatic rings. The van der Waals surface area contributed by atoms with Crippen molar-refractivity contribution < 1.29 is 4.42 Å². The van der Waals surface area contributed by atoms with E-state index in [0.29, 0.717) is 0 Å². The lowest BCUT2D eigenvalue weighted by Crippen LogP contribution is -2.28. The molecule has 314 valence electrons. The van der Waals surface area contributed by atoms with Crippen LogP contribution < -0.4 is 4.90 Å². The van der Waals surface area contributed by atoms with E-state index in [4.69, 9.17) is 4.42 Å². The molecule has 2 nitrogen and oxygen atoms in total. The summed E-state index contributed by atoms with van der Waals surface area (Å²) < 4.78 is 7.16. The number of benzene rings is 11. The predicted molar refractivity (Wildman–Crippen MR) is 280 cm³/mol. The summed E-state index contributed by atoms with van der Waals surface area (Å²) in [4.78, 5) is 2.45. The van der Waals surface area contributed by atoms with Gasteiger partial charge in [-0.05, 0) is 109 Å². The number of hydrogen-bond donors (Lipinski definition) is 0. The Bertz CT molecular complexity index is 3730. The Hall–Kier alpha value is -8.72. The van der Waals surface area contributed by atoms with Gasteiger partial charge in [0.1, 0.15) is 11.2 Å². The van der Waals surface area contributed by atoms with E-state index in [1.807, 2.05) is 0 Å². The van der Waals surface area contributed by atoms with Crippen molar-refractivity contribution in [3.63, 3.8) is 0 Å². The molecule has 0 amide bonds. The van der Waals surface area contributed by atoms with Crippen molar-refractivity contribution in [3.05, 3.63) is 283 Å². The van der Waals surface area contributed by atoms with E-state index in [0.717, 1.165) is 55.5 Å². The van der Waals surface area contributed by atoms with Crippen molar-refractivity contribution in [2.45, 2.75) is 5.41 Å². The van der Waals surface area contributed by atoms with Gasteiger partial charge in [0.15, 0.2) is 0 Å². The second-order valence-corrected chi connectivity index (χ2v) is 17.6. The van der Waals surface area contributed by atoms with Crippen LogP contribution in [0.4, 0.5) is 17.1 Å². The van der Waals surface area contributed by atoms with Crippen LogP contribution in [0.5, 0.6) is 0 Å². The second-order valence-electron chi connectivity index (χ2n) is 17.6. The summed E-state index contributed by atoms with van der Waals surface area (Å²) in [5, 5.41) is 4.42. The zero-order valence-corrected chi connectivity index (χ0v) is 36.7. The summed E-state index contributed by atoms with van der Waals surface area (Å²) in [6.07, 6.45) is 0. The Labute approximate surface area is 390 Å². The zero-order valence-electron chi connectivity index (χ0n) is 36.7. The molecule has 0 radical (unpaired) electrons. The highest BCUT2D eigenvalue weighted by Crippen LogP contribution is 2.57. The molecule has 1 aliphatic carbocycles. The van der Waals surface area contributed by atoms with E-state index in [1.54, 1.807) is 0 Å². The van der Waals surface area contributed by atoms with Crippen molar-refractivity contribution in [3.8, 4) is 44.5 Å². The topological polar surface area (TPSA) is 16.4 Å². The Morgan fingerprint density at radius 3 is 1.42 bits per heavy atom. The van der Waals surface area contributed by atoms with Gasteiger partial charge in [-0.1, -0.05) is 218 Å². The minimum Gasteiger partial charge on any atom is -0.455 e. The van der Waals surface area contributed by atoms with Crippen molar-refractivity contribution in [2.24, 2.45) is 0 Å². The van der Waals surface area contributed by atoms with E-state index < -0.39 is 5.41 Å². The number of rotatable bonds is 8. The summed E-state index contributed by atoms with van der Waals surface area (Å²) >= 11 is 0. The van der Waals surface area contributed by atoms with Crippen LogP contribution in [0.2, 0.25) is 0 Å². The maximum Gasteiger partial charge on any atom is 0.143 e. The molecule has 0 fully saturated rings. The molecule has 67 heavy (non-hydrogen) atoms. The van der Waals surface area contributed by atoms with E-state index in [9.17, 15) is 0 Å². The number of anilines is 3. The molecule has 0 saturated carbocycles. The van der Waals surface area contributed by atoms with Gasteiger partial charge in [0, 0.05) is 38.8 Å². The van der Waals surface area contributed by atoms with Gasteiger partial charge in [0.25, 0.3) is 0 Å². The van der Waals surface area contributed by atoms with E-state index in [2.05, 4.69) is 266 Å². The summed E-state index contributed by atoms with van der Waals surface area (Å²) in [5.41, 5.74) is 18.7. The van der Waals surface area contributed by atoms with Crippen molar-refractivity contribution in [1.29, 1.82) is 0 Å². The van der Waals surface area contributed by atoms with Gasteiger partial charge in [-0.15, -0.1) is 0 Å². The molecule has 11 aromatic carbocycles. The molecular formula is C65H43NO. The first kappa shape index (κ1) is 38.7. The Morgan fingerprint density at radius 1 is 0.269 bits per heavy atom. The largest absolute Gasteiger partial charge is 0.455 e. The molecule has 0 N–H and O–H groups in total. The van der Waals surface area contributed by atoms with Gasteiger partial charge in [-0.25, -0.2) is 0 Å². The van der Waals surface area contributed by atoms with Crippen LogP contribution in [0.3, 0.4) is 0 Å². The molecule has 1 aliphatic rings. The fraction of sp³-hybridized carbons (Fsp3) is 0.0154. The van der Waals surface area contributed by atoms with Crippen LogP contribution in [0.15, 0.2) is 265 Å². The molecule has 0 bridgehead atoms. The third-order valence-electron chi connectivity index (χ3n) is 13.9. The van der Waals surface area contributed by atoms with Crippen molar-refractivity contribution in [2.75, 3.05) is 4.90 Å². The molecule has 2 heteroatoms. The number of nitrogens with zero attached hydrogens (tertiary/aromatic N) is 1. The van der Waals surface area contributed by atoms with E-state index in [-0.39, 0.29) is 0 Å². The molecule has 1 heterocycles. The molecular weight excluding hydrogens is 811 g/mol.